The second kappa shape index (κ2) is 8.22. The molecule has 0 saturated heterocycles. The van der Waals surface area contributed by atoms with Gasteiger partial charge < -0.3 is 10.1 Å². The number of esters is 1. The summed E-state index contributed by atoms with van der Waals surface area (Å²) in [5.74, 6) is 0.404. The van der Waals surface area contributed by atoms with Gasteiger partial charge in [-0.25, -0.2) is 14.6 Å². The first-order valence-electron chi connectivity index (χ1n) is 9.69. The Hall–Kier alpha value is -3.55. The molecule has 0 bridgehead atoms. The lowest BCUT2D eigenvalue weighted by Crippen LogP contribution is -2.14. The molecule has 2 aromatic heterocycles. The van der Waals surface area contributed by atoms with E-state index in [-0.39, 0.29) is 12.5 Å². The minimum absolute atomic E-state index is 0.0356. The van der Waals surface area contributed by atoms with E-state index in [4.69, 9.17) is 14.7 Å². The van der Waals surface area contributed by atoms with Gasteiger partial charge in [0.05, 0.1) is 28.9 Å². The Bertz CT molecular complexity index is 1170. The first-order chi connectivity index (χ1) is 14.2. The predicted molar refractivity (Wildman–Crippen MR) is 111 cm³/mol. The Morgan fingerprint density at radius 3 is 2.62 bits per heavy atom. The summed E-state index contributed by atoms with van der Waals surface area (Å²) in [4.78, 5) is 21.3. The van der Waals surface area contributed by atoms with E-state index in [1.165, 1.54) is 4.68 Å². The lowest BCUT2D eigenvalue weighted by Gasteiger charge is -2.11. The van der Waals surface area contributed by atoms with Crippen LogP contribution >= 0.6 is 0 Å². The lowest BCUT2D eigenvalue weighted by atomic mass is 10.2. The summed E-state index contributed by atoms with van der Waals surface area (Å²) in [6.07, 6.45) is 1.81. The van der Waals surface area contributed by atoms with Gasteiger partial charge in [-0.05, 0) is 43.7 Å². The fourth-order valence-corrected chi connectivity index (χ4v) is 3.18. The van der Waals surface area contributed by atoms with E-state index in [1.807, 2.05) is 42.5 Å². The standard InChI is InChI=1S/C21H22N6O2/c1-3-7-17-21(24-16-9-6-5-8-15(16)23-17)22-14-10-11-19-18(12-14)25-26-27(19)13-20(28)29-4-2/h5-6,8-12H,3-4,7,13H2,1-2H3,(H,22,24). The van der Waals surface area contributed by atoms with Crippen molar-refractivity contribution in [1.29, 1.82) is 0 Å². The highest BCUT2D eigenvalue weighted by Gasteiger charge is 2.12. The third-order valence-electron chi connectivity index (χ3n) is 4.49. The molecule has 8 nitrogen and oxygen atoms in total. The van der Waals surface area contributed by atoms with Crippen LogP contribution in [-0.4, -0.2) is 37.5 Å². The summed E-state index contributed by atoms with van der Waals surface area (Å²) >= 11 is 0. The number of rotatable bonds is 7. The zero-order valence-electron chi connectivity index (χ0n) is 16.4. The van der Waals surface area contributed by atoms with Crippen molar-refractivity contribution < 1.29 is 9.53 Å². The summed E-state index contributed by atoms with van der Waals surface area (Å²) < 4.78 is 6.52. The van der Waals surface area contributed by atoms with Crippen molar-refractivity contribution in [3.63, 3.8) is 0 Å². The molecular formula is C21H22N6O2. The highest BCUT2D eigenvalue weighted by molar-refractivity contribution is 5.82. The van der Waals surface area contributed by atoms with Gasteiger partial charge in [0.15, 0.2) is 5.82 Å². The number of benzene rings is 2. The molecule has 0 aliphatic rings. The molecule has 0 atom stereocenters. The summed E-state index contributed by atoms with van der Waals surface area (Å²) in [5.41, 5.74) is 4.95. The van der Waals surface area contributed by atoms with Crippen LogP contribution in [-0.2, 0) is 22.5 Å². The Labute approximate surface area is 167 Å². The van der Waals surface area contributed by atoms with Crippen LogP contribution in [0, 0.1) is 0 Å². The van der Waals surface area contributed by atoms with Crippen molar-refractivity contribution in [2.45, 2.75) is 33.2 Å². The number of carbonyl (C=O) groups is 1. The third kappa shape index (κ3) is 4.01. The maximum atomic E-state index is 11.7. The monoisotopic (exact) mass is 390 g/mol. The molecule has 29 heavy (non-hydrogen) atoms. The summed E-state index contributed by atoms with van der Waals surface area (Å²) in [6, 6.07) is 13.5. The molecule has 4 rings (SSSR count). The molecule has 0 fully saturated rings. The van der Waals surface area contributed by atoms with Crippen molar-refractivity contribution in [1.82, 2.24) is 25.0 Å². The Balaban J connectivity index is 1.64. The van der Waals surface area contributed by atoms with Crippen LogP contribution in [0.25, 0.3) is 22.1 Å². The first-order valence-corrected chi connectivity index (χ1v) is 9.69. The number of aryl methyl sites for hydroxylation is 1. The normalized spacial score (nSPS) is 11.1. The van der Waals surface area contributed by atoms with E-state index in [0.29, 0.717) is 12.1 Å². The van der Waals surface area contributed by atoms with Crippen molar-refractivity contribution in [3.05, 3.63) is 48.2 Å². The lowest BCUT2D eigenvalue weighted by molar-refractivity contribution is -0.143. The molecule has 4 aromatic rings. The van der Waals surface area contributed by atoms with Gasteiger partial charge in [-0.3, -0.25) is 4.79 Å². The second-order valence-corrected chi connectivity index (χ2v) is 6.64. The fourth-order valence-electron chi connectivity index (χ4n) is 3.18. The Morgan fingerprint density at radius 1 is 1.07 bits per heavy atom. The molecule has 0 unspecified atom stereocenters. The van der Waals surface area contributed by atoms with Crippen molar-refractivity contribution in [3.8, 4) is 0 Å². The maximum absolute atomic E-state index is 11.7. The first kappa shape index (κ1) is 18.8. The van der Waals surface area contributed by atoms with Crippen LogP contribution in [0.4, 0.5) is 11.5 Å². The molecule has 2 aromatic carbocycles. The van der Waals surface area contributed by atoms with Gasteiger partial charge >= 0.3 is 5.97 Å². The molecule has 0 radical (unpaired) electrons. The number of nitrogens with one attached hydrogen (secondary N) is 1. The van der Waals surface area contributed by atoms with E-state index >= 15 is 0 Å². The molecule has 0 saturated carbocycles. The number of fused-ring (bicyclic) bond motifs is 2. The molecule has 8 heteroatoms. The van der Waals surface area contributed by atoms with Crippen LogP contribution < -0.4 is 5.32 Å². The van der Waals surface area contributed by atoms with Gasteiger partial charge in [0.1, 0.15) is 12.1 Å². The number of aromatic nitrogens is 5. The highest BCUT2D eigenvalue weighted by Crippen LogP contribution is 2.24. The van der Waals surface area contributed by atoms with Crippen LogP contribution in [0.5, 0.6) is 0 Å². The van der Waals surface area contributed by atoms with E-state index in [0.717, 1.165) is 46.6 Å². The zero-order chi connectivity index (χ0) is 20.2. The number of nitrogens with zero attached hydrogens (tertiary/aromatic N) is 5. The number of hydrogen-bond acceptors (Lipinski definition) is 7. The van der Waals surface area contributed by atoms with Gasteiger partial charge in [-0.2, -0.15) is 0 Å². The molecular weight excluding hydrogens is 368 g/mol. The Morgan fingerprint density at radius 2 is 1.86 bits per heavy atom. The fraction of sp³-hybridized carbons (Fsp3) is 0.286. The average molecular weight is 390 g/mol. The predicted octanol–water partition coefficient (Wildman–Crippen LogP) is 3.63. The molecule has 0 amide bonds. The molecule has 2 heterocycles. The summed E-state index contributed by atoms with van der Waals surface area (Å²) in [7, 11) is 0. The van der Waals surface area contributed by atoms with Crippen LogP contribution in [0.2, 0.25) is 0 Å². The average Bonchev–Trinajstić information content (AvgIpc) is 3.10. The van der Waals surface area contributed by atoms with Crippen molar-refractivity contribution in [2.75, 3.05) is 11.9 Å². The SMILES string of the molecule is CCCc1nc2ccccc2nc1Nc1ccc2c(c1)nnn2CC(=O)OCC. The quantitative estimate of drug-likeness (QED) is 0.481. The van der Waals surface area contributed by atoms with E-state index in [9.17, 15) is 4.79 Å². The van der Waals surface area contributed by atoms with Crippen molar-refractivity contribution >= 4 is 39.5 Å². The number of para-hydroxylation sites is 2. The summed E-state index contributed by atoms with van der Waals surface area (Å²) in [5, 5.41) is 11.6. The molecule has 0 aliphatic carbocycles. The third-order valence-corrected chi connectivity index (χ3v) is 4.49. The van der Waals surface area contributed by atoms with Gasteiger partial charge in [0.25, 0.3) is 0 Å². The second-order valence-electron chi connectivity index (χ2n) is 6.64. The zero-order valence-corrected chi connectivity index (χ0v) is 16.4. The molecule has 148 valence electrons. The molecule has 0 aliphatic heterocycles. The number of carbonyl (C=O) groups excluding carboxylic acids is 1. The van der Waals surface area contributed by atoms with Crippen LogP contribution in [0.15, 0.2) is 42.5 Å². The van der Waals surface area contributed by atoms with Crippen LogP contribution in [0.1, 0.15) is 26.0 Å². The van der Waals surface area contributed by atoms with Gasteiger partial charge in [0, 0.05) is 5.69 Å². The Kier molecular flexibility index (Phi) is 5.33. The molecule has 1 N–H and O–H groups in total. The van der Waals surface area contributed by atoms with Crippen LogP contribution in [0.3, 0.4) is 0 Å². The number of ether oxygens (including phenoxy) is 1. The van der Waals surface area contributed by atoms with Gasteiger partial charge in [-0.1, -0.05) is 30.7 Å². The largest absolute Gasteiger partial charge is 0.465 e. The minimum Gasteiger partial charge on any atom is -0.465 e. The molecule has 0 spiro atoms. The minimum atomic E-state index is -0.336. The van der Waals surface area contributed by atoms with Gasteiger partial charge in [0.2, 0.25) is 0 Å². The smallest absolute Gasteiger partial charge is 0.327 e. The van der Waals surface area contributed by atoms with Crippen molar-refractivity contribution in [2.24, 2.45) is 0 Å². The summed E-state index contributed by atoms with van der Waals surface area (Å²) in [6.45, 7) is 4.27. The maximum Gasteiger partial charge on any atom is 0.327 e. The van der Waals surface area contributed by atoms with E-state index < -0.39 is 0 Å². The van der Waals surface area contributed by atoms with E-state index in [2.05, 4.69) is 22.6 Å². The van der Waals surface area contributed by atoms with E-state index in [1.54, 1.807) is 6.92 Å². The van der Waals surface area contributed by atoms with Gasteiger partial charge in [-0.15, -0.1) is 5.10 Å². The number of hydrogen-bond donors (Lipinski definition) is 1. The highest BCUT2D eigenvalue weighted by atomic mass is 16.5. The number of anilines is 2. The topological polar surface area (TPSA) is 94.8 Å².